The number of anilines is 1. The minimum atomic E-state index is -0.117. The third-order valence-corrected chi connectivity index (χ3v) is 6.27. The minimum Gasteiger partial charge on any atom is -0.467 e. The Morgan fingerprint density at radius 1 is 1.14 bits per heavy atom. The summed E-state index contributed by atoms with van der Waals surface area (Å²) in [6, 6.07) is 17.3. The second-order valence-electron chi connectivity index (χ2n) is 6.80. The molecule has 0 spiro atoms. The van der Waals surface area contributed by atoms with Crippen LogP contribution in [0.3, 0.4) is 0 Å². The quantitative estimate of drug-likeness (QED) is 0.340. The molecule has 4 rings (SSSR count). The number of furan rings is 1. The smallest absolute Gasteiger partial charge is 0.261 e. The van der Waals surface area contributed by atoms with Crippen molar-refractivity contribution in [2.75, 3.05) is 4.90 Å². The molecule has 0 aliphatic carbocycles. The number of hydrogen-bond acceptors (Lipinski definition) is 4. The van der Waals surface area contributed by atoms with Crippen LogP contribution in [0.5, 0.6) is 0 Å². The van der Waals surface area contributed by atoms with E-state index in [2.05, 4.69) is 41.9 Å². The van der Waals surface area contributed by atoms with Gasteiger partial charge in [0.05, 0.1) is 28.6 Å². The summed E-state index contributed by atoms with van der Waals surface area (Å²) in [7, 11) is 0. The Labute approximate surface area is 175 Å². The normalized spacial score (nSPS) is 11.3. The van der Waals surface area contributed by atoms with Crippen LogP contribution in [-0.4, -0.2) is 10.9 Å². The molecule has 6 heteroatoms. The van der Waals surface area contributed by atoms with Gasteiger partial charge in [-0.3, -0.25) is 9.69 Å². The van der Waals surface area contributed by atoms with E-state index in [0.717, 1.165) is 14.7 Å². The predicted molar refractivity (Wildman–Crippen MR) is 117 cm³/mol. The average molecular weight is 455 g/mol. The lowest BCUT2D eigenvalue weighted by Gasteiger charge is -2.19. The van der Waals surface area contributed by atoms with Gasteiger partial charge in [0.2, 0.25) is 0 Å². The van der Waals surface area contributed by atoms with E-state index < -0.39 is 0 Å². The van der Waals surface area contributed by atoms with Crippen LogP contribution in [0.4, 0.5) is 5.13 Å². The highest BCUT2D eigenvalue weighted by Crippen LogP contribution is 2.35. The van der Waals surface area contributed by atoms with Gasteiger partial charge in [-0.1, -0.05) is 49.4 Å². The highest BCUT2D eigenvalue weighted by atomic mass is 79.9. The number of hydrogen-bond donors (Lipinski definition) is 0. The number of nitrogens with zero attached hydrogens (tertiary/aromatic N) is 2. The molecule has 0 fully saturated rings. The first-order valence-corrected chi connectivity index (χ1v) is 10.6. The van der Waals surface area contributed by atoms with Crippen molar-refractivity contribution < 1.29 is 9.21 Å². The standard InChI is InChI=1S/C22H19BrN2O2S/c1-14(2)16-9-5-11-19-20(16)24-22(28-19)25(13-15-7-6-12-27-15)21(26)17-8-3-4-10-18(17)23/h3-12,14H,13H2,1-2H3. The third-order valence-electron chi connectivity index (χ3n) is 4.54. The van der Waals surface area contributed by atoms with Crippen molar-refractivity contribution in [2.45, 2.75) is 26.3 Å². The van der Waals surface area contributed by atoms with Gasteiger partial charge >= 0.3 is 0 Å². The number of para-hydroxylation sites is 1. The maximum atomic E-state index is 13.4. The van der Waals surface area contributed by atoms with E-state index in [4.69, 9.17) is 9.40 Å². The van der Waals surface area contributed by atoms with E-state index in [0.29, 0.717) is 28.9 Å². The maximum absolute atomic E-state index is 13.4. The topological polar surface area (TPSA) is 46.3 Å². The summed E-state index contributed by atoms with van der Waals surface area (Å²) in [6.07, 6.45) is 1.62. The van der Waals surface area contributed by atoms with Crippen molar-refractivity contribution in [2.24, 2.45) is 0 Å². The summed E-state index contributed by atoms with van der Waals surface area (Å²) in [4.78, 5) is 20.0. The monoisotopic (exact) mass is 454 g/mol. The minimum absolute atomic E-state index is 0.117. The van der Waals surface area contributed by atoms with Gasteiger partial charge < -0.3 is 4.42 Å². The van der Waals surface area contributed by atoms with Crippen molar-refractivity contribution in [3.63, 3.8) is 0 Å². The average Bonchev–Trinajstić information content (AvgIpc) is 3.34. The molecule has 0 atom stereocenters. The van der Waals surface area contributed by atoms with E-state index >= 15 is 0 Å². The van der Waals surface area contributed by atoms with Gasteiger partial charge in [0.1, 0.15) is 5.76 Å². The molecule has 0 aliphatic heterocycles. The molecule has 0 saturated heterocycles. The lowest BCUT2D eigenvalue weighted by atomic mass is 10.0. The SMILES string of the molecule is CC(C)c1cccc2sc(N(Cc3ccco3)C(=O)c3ccccc3Br)nc12. The van der Waals surface area contributed by atoms with Gasteiger partial charge in [-0.15, -0.1) is 0 Å². The van der Waals surface area contributed by atoms with Gasteiger partial charge in [-0.05, 0) is 57.7 Å². The van der Waals surface area contributed by atoms with Crippen LogP contribution in [0.25, 0.3) is 10.2 Å². The fourth-order valence-electron chi connectivity index (χ4n) is 3.10. The molecule has 0 radical (unpaired) electrons. The highest BCUT2D eigenvalue weighted by molar-refractivity contribution is 9.10. The molecule has 1 amide bonds. The van der Waals surface area contributed by atoms with Crippen LogP contribution >= 0.6 is 27.3 Å². The summed E-state index contributed by atoms with van der Waals surface area (Å²) in [5.41, 5.74) is 2.74. The van der Waals surface area contributed by atoms with Crippen molar-refractivity contribution in [1.29, 1.82) is 0 Å². The number of carbonyl (C=O) groups excluding carboxylic acids is 1. The summed E-state index contributed by atoms with van der Waals surface area (Å²) in [5.74, 6) is 0.953. The van der Waals surface area contributed by atoms with E-state index in [1.54, 1.807) is 11.2 Å². The summed E-state index contributed by atoms with van der Waals surface area (Å²) in [6.45, 7) is 4.63. The highest BCUT2D eigenvalue weighted by Gasteiger charge is 2.24. The molecule has 2 aromatic carbocycles. The van der Waals surface area contributed by atoms with Crippen LogP contribution in [-0.2, 0) is 6.54 Å². The predicted octanol–water partition coefficient (Wildman–Crippen LogP) is 6.62. The Balaban J connectivity index is 1.82. The van der Waals surface area contributed by atoms with E-state index in [9.17, 15) is 4.79 Å². The summed E-state index contributed by atoms with van der Waals surface area (Å²) in [5, 5.41) is 0.667. The van der Waals surface area contributed by atoms with Crippen LogP contribution in [0.1, 0.15) is 41.4 Å². The van der Waals surface area contributed by atoms with Crippen LogP contribution in [0.2, 0.25) is 0 Å². The number of rotatable bonds is 5. The molecular weight excluding hydrogens is 436 g/mol. The Morgan fingerprint density at radius 2 is 1.96 bits per heavy atom. The number of benzene rings is 2. The maximum Gasteiger partial charge on any atom is 0.261 e. The lowest BCUT2D eigenvalue weighted by molar-refractivity contribution is 0.0982. The second-order valence-corrected chi connectivity index (χ2v) is 8.66. The van der Waals surface area contributed by atoms with E-state index in [1.165, 1.54) is 16.9 Å². The first kappa shape index (κ1) is 18.9. The molecule has 4 aromatic rings. The molecule has 142 valence electrons. The number of thiazole rings is 1. The first-order chi connectivity index (χ1) is 13.5. The van der Waals surface area contributed by atoms with E-state index in [-0.39, 0.29) is 5.91 Å². The van der Waals surface area contributed by atoms with Gasteiger partial charge in [0.15, 0.2) is 5.13 Å². The number of halogens is 1. The second kappa shape index (κ2) is 7.89. The fourth-order valence-corrected chi connectivity index (χ4v) is 4.56. The van der Waals surface area contributed by atoms with Crippen molar-refractivity contribution in [3.8, 4) is 0 Å². The zero-order valence-electron chi connectivity index (χ0n) is 15.6. The van der Waals surface area contributed by atoms with Crippen LogP contribution in [0.15, 0.2) is 69.8 Å². The van der Waals surface area contributed by atoms with Crippen molar-refractivity contribution >= 4 is 48.5 Å². The molecule has 2 aromatic heterocycles. The molecule has 0 aliphatic rings. The summed E-state index contributed by atoms with van der Waals surface area (Å²) >= 11 is 5.02. The van der Waals surface area contributed by atoms with Gasteiger partial charge in [0, 0.05) is 4.47 Å². The first-order valence-electron chi connectivity index (χ1n) is 9.03. The Bertz CT molecular complexity index is 1120. The zero-order valence-corrected chi connectivity index (χ0v) is 18.0. The molecule has 0 saturated carbocycles. The van der Waals surface area contributed by atoms with Gasteiger partial charge in [-0.25, -0.2) is 4.98 Å². The third kappa shape index (κ3) is 3.62. The molecule has 2 heterocycles. The fraction of sp³-hybridized carbons (Fsp3) is 0.182. The molecule has 0 N–H and O–H groups in total. The summed E-state index contributed by atoms with van der Waals surface area (Å²) < 4.78 is 7.34. The number of fused-ring (bicyclic) bond motifs is 1. The Morgan fingerprint density at radius 3 is 2.68 bits per heavy atom. The lowest BCUT2D eigenvalue weighted by Crippen LogP contribution is -2.30. The Hall–Kier alpha value is -2.44. The molecule has 28 heavy (non-hydrogen) atoms. The number of carbonyl (C=O) groups is 1. The largest absolute Gasteiger partial charge is 0.467 e. The van der Waals surface area contributed by atoms with Crippen molar-refractivity contribution in [1.82, 2.24) is 4.98 Å². The Kier molecular flexibility index (Phi) is 5.33. The van der Waals surface area contributed by atoms with Crippen LogP contribution in [0, 0.1) is 0 Å². The molecular formula is C22H19BrN2O2S. The zero-order chi connectivity index (χ0) is 19.7. The van der Waals surface area contributed by atoms with Crippen molar-refractivity contribution in [3.05, 3.63) is 82.2 Å². The molecule has 4 nitrogen and oxygen atoms in total. The number of amides is 1. The van der Waals surface area contributed by atoms with Gasteiger partial charge in [-0.2, -0.15) is 0 Å². The van der Waals surface area contributed by atoms with Crippen LogP contribution < -0.4 is 4.90 Å². The molecule has 0 unspecified atom stereocenters. The molecule has 0 bridgehead atoms. The number of aromatic nitrogens is 1. The van der Waals surface area contributed by atoms with Gasteiger partial charge in [0.25, 0.3) is 5.91 Å². The van der Waals surface area contributed by atoms with E-state index in [1.807, 2.05) is 42.5 Å².